The number of likely N-dealkylation sites (tertiary alicyclic amines) is 1. The Balaban J connectivity index is 2.57. The van der Waals surface area contributed by atoms with Gasteiger partial charge >= 0.3 is 5.97 Å². The zero-order chi connectivity index (χ0) is 11.5. The summed E-state index contributed by atoms with van der Waals surface area (Å²) in [4.78, 5) is 13.1. The molecule has 0 aromatic heterocycles. The van der Waals surface area contributed by atoms with Crippen LogP contribution in [0.2, 0.25) is 0 Å². The summed E-state index contributed by atoms with van der Waals surface area (Å²) in [6, 6.07) is -0.124. The number of nitrogens with two attached hydrogens (primary N) is 1. The maximum Gasteiger partial charge on any atom is 0.334 e. The van der Waals surface area contributed by atoms with Gasteiger partial charge in [0.1, 0.15) is 0 Å². The van der Waals surface area contributed by atoms with E-state index in [-0.39, 0.29) is 6.04 Å². The maximum absolute atomic E-state index is 11.2. The van der Waals surface area contributed by atoms with Gasteiger partial charge in [-0.1, -0.05) is 0 Å². The number of halogens is 1. The van der Waals surface area contributed by atoms with Crippen molar-refractivity contribution in [3.05, 3.63) is 0 Å². The fourth-order valence-electron chi connectivity index (χ4n) is 1.87. The summed E-state index contributed by atoms with van der Waals surface area (Å²) >= 11 is 2.01. The highest BCUT2D eigenvalue weighted by Gasteiger charge is 2.45. The molecule has 0 aliphatic carbocycles. The molecular weight excluding hydrogens is 311 g/mol. The van der Waals surface area contributed by atoms with Gasteiger partial charge in [-0.25, -0.2) is 4.79 Å². The van der Waals surface area contributed by atoms with Gasteiger partial charge in [-0.3, -0.25) is 4.90 Å². The second kappa shape index (κ2) is 5.42. The van der Waals surface area contributed by atoms with Gasteiger partial charge < -0.3 is 15.6 Å². The molecule has 1 aliphatic rings. The predicted octanol–water partition coefficient (Wildman–Crippen LogP) is 0.272. The molecule has 5 nitrogen and oxygen atoms in total. The van der Waals surface area contributed by atoms with Crippen molar-refractivity contribution >= 4 is 28.6 Å². The molecule has 0 aromatic rings. The first kappa shape index (κ1) is 13.1. The molecule has 0 bridgehead atoms. The van der Waals surface area contributed by atoms with E-state index in [0.717, 1.165) is 13.0 Å². The van der Waals surface area contributed by atoms with Crippen molar-refractivity contribution in [1.82, 2.24) is 4.90 Å². The number of methoxy groups -OCH3 is 1. The van der Waals surface area contributed by atoms with Gasteiger partial charge in [0, 0.05) is 26.2 Å². The molecule has 0 amide bonds. The Labute approximate surface area is 103 Å². The van der Waals surface area contributed by atoms with Gasteiger partial charge in [-0.05, 0) is 35.4 Å². The molecule has 3 N–H and O–H groups in total. The third-order valence-electron chi connectivity index (χ3n) is 2.60. The summed E-state index contributed by atoms with van der Waals surface area (Å²) in [6.45, 7) is 1.83. The molecule has 0 spiro atoms. The number of rotatable bonds is 5. The van der Waals surface area contributed by atoms with Crippen LogP contribution in [0.3, 0.4) is 0 Å². The molecule has 0 radical (unpaired) electrons. The minimum Gasteiger partial charge on any atom is -0.479 e. The lowest BCUT2D eigenvalue weighted by atomic mass is 10.2. The van der Waals surface area contributed by atoms with Gasteiger partial charge in [0.15, 0.2) is 3.55 Å². The van der Waals surface area contributed by atoms with Crippen LogP contribution < -0.4 is 5.73 Å². The Bertz CT molecular complexity index is 239. The van der Waals surface area contributed by atoms with E-state index in [1.807, 2.05) is 27.5 Å². The third kappa shape index (κ3) is 3.02. The van der Waals surface area contributed by atoms with Crippen molar-refractivity contribution in [2.24, 2.45) is 5.73 Å². The van der Waals surface area contributed by atoms with Crippen molar-refractivity contribution in [2.75, 3.05) is 26.8 Å². The number of hydrogen-bond acceptors (Lipinski definition) is 4. The molecule has 1 unspecified atom stereocenters. The first-order valence-corrected chi connectivity index (χ1v) is 6.00. The molecule has 88 valence electrons. The minimum absolute atomic E-state index is 0.124. The highest BCUT2D eigenvalue weighted by molar-refractivity contribution is 14.1. The predicted molar refractivity (Wildman–Crippen MR) is 65.0 cm³/mol. The third-order valence-corrected chi connectivity index (χ3v) is 4.28. The maximum atomic E-state index is 11.2. The monoisotopic (exact) mass is 328 g/mol. The zero-order valence-electron chi connectivity index (χ0n) is 8.78. The van der Waals surface area contributed by atoms with Crippen LogP contribution in [0.5, 0.6) is 0 Å². The van der Waals surface area contributed by atoms with Crippen molar-refractivity contribution < 1.29 is 14.6 Å². The molecule has 1 aliphatic heterocycles. The molecule has 0 saturated carbocycles. The second-order valence-corrected chi connectivity index (χ2v) is 5.61. The number of carboxylic acids is 1. The quantitative estimate of drug-likeness (QED) is 0.431. The number of nitrogens with zero attached hydrogens (tertiary/aromatic N) is 1. The summed E-state index contributed by atoms with van der Waals surface area (Å²) in [5.41, 5.74) is 5.82. The topological polar surface area (TPSA) is 75.8 Å². The number of ether oxygens (including phenoxy) is 1. The summed E-state index contributed by atoms with van der Waals surface area (Å²) in [5, 5.41) is 9.16. The number of alkyl halides is 1. The standard InChI is InChI=1S/C9H17IN2O3/c1-15-6-7(11)5-12-4-2-3-9(12,10)8(13)14/h7H,2-6,11H2,1H3,(H,13,14)/t7?,9-/m1/s1. The summed E-state index contributed by atoms with van der Waals surface area (Å²) in [7, 11) is 1.60. The Morgan fingerprint density at radius 3 is 3.00 bits per heavy atom. The summed E-state index contributed by atoms with van der Waals surface area (Å²) < 4.78 is 4.17. The normalized spacial score (nSPS) is 29.3. The molecule has 1 fully saturated rings. The van der Waals surface area contributed by atoms with Crippen molar-refractivity contribution in [1.29, 1.82) is 0 Å². The second-order valence-electron chi connectivity index (χ2n) is 3.83. The molecule has 1 saturated heterocycles. The van der Waals surface area contributed by atoms with E-state index in [4.69, 9.17) is 15.6 Å². The van der Waals surface area contributed by atoms with Gasteiger partial charge in [0.05, 0.1) is 6.61 Å². The molecule has 1 rings (SSSR count). The van der Waals surface area contributed by atoms with Gasteiger partial charge in [0.2, 0.25) is 0 Å². The first-order valence-electron chi connectivity index (χ1n) is 4.92. The highest BCUT2D eigenvalue weighted by atomic mass is 127. The average molecular weight is 328 g/mol. The molecular formula is C9H17IN2O3. The first-order chi connectivity index (χ1) is 7.00. The zero-order valence-corrected chi connectivity index (χ0v) is 10.9. The Morgan fingerprint density at radius 2 is 2.47 bits per heavy atom. The van der Waals surface area contributed by atoms with Crippen LogP contribution in [0.1, 0.15) is 12.8 Å². The fourth-order valence-corrected chi connectivity index (χ4v) is 2.69. The Hall–Kier alpha value is 0.0800. The van der Waals surface area contributed by atoms with Crippen molar-refractivity contribution in [3.63, 3.8) is 0 Å². The average Bonchev–Trinajstić information content (AvgIpc) is 2.50. The number of carbonyl (C=O) groups is 1. The van der Waals surface area contributed by atoms with Crippen LogP contribution in [0, 0.1) is 0 Å². The van der Waals surface area contributed by atoms with Gasteiger partial charge in [-0.2, -0.15) is 0 Å². The number of aliphatic carboxylic acids is 1. The van der Waals surface area contributed by atoms with Gasteiger partial charge in [-0.15, -0.1) is 0 Å². The smallest absolute Gasteiger partial charge is 0.334 e. The molecule has 6 heteroatoms. The van der Waals surface area contributed by atoms with Crippen LogP contribution in [-0.4, -0.2) is 52.4 Å². The molecule has 1 heterocycles. The lowest BCUT2D eigenvalue weighted by Crippen LogP contribution is -2.50. The van der Waals surface area contributed by atoms with E-state index in [9.17, 15) is 4.79 Å². The highest BCUT2D eigenvalue weighted by Crippen LogP contribution is 2.35. The summed E-state index contributed by atoms with van der Waals surface area (Å²) in [6.07, 6.45) is 1.59. The molecule has 15 heavy (non-hydrogen) atoms. The Morgan fingerprint density at radius 1 is 1.80 bits per heavy atom. The van der Waals surface area contributed by atoms with Crippen LogP contribution >= 0.6 is 22.6 Å². The largest absolute Gasteiger partial charge is 0.479 e. The van der Waals surface area contributed by atoms with Crippen LogP contribution in [0.4, 0.5) is 0 Å². The van der Waals surface area contributed by atoms with Crippen molar-refractivity contribution in [2.45, 2.75) is 22.4 Å². The van der Waals surface area contributed by atoms with E-state index in [1.54, 1.807) is 7.11 Å². The summed E-state index contributed by atoms with van der Waals surface area (Å²) in [5.74, 6) is -0.773. The van der Waals surface area contributed by atoms with E-state index in [0.29, 0.717) is 19.6 Å². The minimum atomic E-state index is -0.775. The molecule has 2 atom stereocenters. The lowest BCUT2D eigenvalue weighted by Gasteiger charge is -2.31. The Kier molecular flexibility index (Phi) is 4.75. The van der Waals surface area contributed by atoms with E-state index in [2.05, 4.69) is 0 Å². The number of hydrogen-bond donors (Lipinski definition) is 2. The van der Waals surface area contributed by atoms with E-state index < -0.39 is 9.51 Å². The van der Waals surface area contributed by atoms with Crippen molar-refractivity contribution in [3.8, 4) is 0 Å². The van der Waals surface area contributed by atoms with Crippen LogP contribution in [0.15, 0.2) is 0 Å². The fraction of sp³-hybridized carbons (Fsp3) is 0.889. The van der Waals surface area contributed by atoms with Gasteiger partial charge in [0.25, 0.3) is 0 Å². The SMILES string of the molecule is COCC(N)CN1CCC[C@]1(I)C(=O)O. The van der Waals surface area contributed by atoms with E-state index >= 15 is 0 Å². The van der Waals surface area contributed by atoms with Crippen LogP contribution in [0.25, 0.3) is 0 Å². The van der Waals surface area contributed by atoms with Crippen LogP contribution in [-0.2, 0) is 9.53 Å². The van der Waals surface area contributed by atoms with E-state index in [1.165, 1.54) is 0 Å². The lowest BCUT2D eigenvalue weighted by molar-refractivity contribution is -0.143. The molecule has 0 aromatic carbocycles. The number of carboxylic acid groups (broad SMARTS) is 1.